The summed E-state index contributed by atoms with van der Waals surface area (Å²) in [5, 5.41) is 7.79. The fourth-order valence-corrected chi connectivity index (χ4v) is 4.65. The minimum absolute atomic E-state index is 0.00759. The maximum atomic E-state index is 13.9. The zero-order chi connectivity index (χ0) is 31.0. The summed E-state index contributed by atoms with van der Waals surface area (Å²) >= 11 is 0. The van der Waals surface area contributed by atoms with Crippen LogP contribution < -0.4 is 21.7 Å². The summed E-state index contributed by atoms with van der Waals surface area (Å²) in [6.07, 6.45) is 2.26. The maximum Gasteiger partial charge on any atom is 0.329 e. The maximum absolute atomic E-state index is 13.9. The Morgan fingerprint density at radius 3 is 2.12 bits per heavy atom. The number of primary amides is 1. The molecule has 0 aromatic rings. The second kappa shape index (κ2) is 14.3. The van der Waals surface area contributed by atoms with Crippen LogP contribution in [0.1, 0.15) is 68.2 Å². The number of Topliss-reactive ketones (excluding diaryl/α,β-unsaturated/α-hetero) is 1. The van der Waals surface area contributed by atoms with Crippen molar-refractivity contribution < 1.29 is 33.5 Å². The molecule has 0 saturated carbocycles. The number of rotatable bonds is 12. The van der Waals surface area contributed by atoms with Crippen molar-refractivity contribution in [3.05, 3.63) is 12.7 Å². The zero-order valence-corrected chi connectivity index (χ0v) is 25.1. The summed E-state index contributed by atoms with van der Waals surface area (Å²) < 4.78 is 5.16. The van der Waals surface area contributed by atoms with Gasteiger partial charge in [0.1, 0.15) is 24.7 Å². The Hall–Kier alpha value is -3.44. The van der Waals surface area contributed by atoms with Crippen LogP contribution in [0.2, 0.25) is 0 Å². The van der Waals surface area contributed by atoms with Gasteiger partial charge >= 0.3 is 12.0 Å². The normalized spacial score (nSPS) is 18.9. The molecule has 0 bridgehead atoms. The van der Waals surface area contributed by atoms with Gasteiger partial charge in [-0.05, 0) is 35.5 Å². The molecule has 4 atom stereocenters. The minimum atomic E-state index is -1.17. The van der Waals surface area contributed by atoms with Gasteiger partial charge in [0.25, 0.3) is 5.91 Å². The highest BCUT2D eigenvalue weighted by Gasteiger charge is 2.47. The number of esters is 1. The average Bonchev–Trinajstić information content (AvgIpc) is 3.27. The predicted molar refractivity (Wildman–Crippen MR) is 150 cm³/mol. The van der Waals surface area contributed by atoms with E-state index in [4.69, 9.17) is 10.5 Å². The van der Waals surface area contributed by atoms with Crippen LogP contribution in [-0.4, -0.2) is 78.2 Å². The Bertz CT molecular complexity index is 981. The molecule has 0 aromatic heterocycles. The number of ether oxygens (including phenoxy) is 1. The third kappa shape index (κ3) is 10.3. The first-order valence-corrected chi connectivity index (χ1v) is 13.6. The van der Waals surface area contributed by atoms with Crippen LogP contribution in [0.15, 0.2) is 12.7 Å². The molecule has 1 fully saturated rings. The highest BCUT2D eigenvalue weighted by atomic mass is 16.5. The van der Waals surface area contributed by atoms with Crippen LogP contribution in [0.5, 0.6) is 0 Å². The second-order valence-corrected chi connectivity index (χ2v) is 12.8. The molecule has 1 saturated heterocycles. The first-order valence-electron chi connectivity index (χ1n) is 13.6. The molecule has 5 N–H and O–H groups in total. The first kappa shape index (κ1) is 34.6. The molecule has 1 aliphatic heterocycles. The number of nitrogens with two attached hydrogens (primary N) is 1. The molecular formula is C28H47N5O7. The number of amides is 5. The van der Waals surface area contributed by atoms with E-state index in [0.29, 0.717) is 12.8 Å². The van der Waals surface area contributed by atoms with Crippen LogP contribution in [-0.2, 0) is 28.7 Å². The molecule has 12 nitrogen and oxygen atoms in total. The molecule has 12 heteroatoms. The predicted octanol–water partition coefficient (Wildman–Crippen LogP) is 1.28. The molecule has 1 heterocycles. The van der Waals surface area contributed by atoms with E-state index < -0.39 is 65.6 Å². The van der Waals surface area contributed by atoms with E-state index in [2.05, 4.69) is 22.5 Å². The quantitative estimate of drug-likeness (QED) is 0.156. The summed E-state index contributed by atoms with van der Waals surface area (Å²) in [4.78, 5) is 77.0. The van der Waals surface area contributed by atoms with E-state index in [1.807, 2.05) is 34.6 Å². The van der Waals surface area contributed by atoms with Gasteiger partial charge in [0, 0.05) is 6.54 Å². The van der Waals surface area contributed by atoms with Crippen LogP contribution in [0.4, 0.5) is 4.79 Å². The van der Waals surface area contributed by atoms with Crippen molar-refractivity contribution in [3.8, 4) is 0 Å². The van der Waals surface area contributed by atoms with E-state index in [-0.39, 0.29) is 30.4 Å². The number of nitrogens with one attached hydrogen (secondary N) is 3. The highest BCUT2D eigenvalue weighted by Crippen LogP contribution is 2.33. The zero-order valence-electron chi connectivity index (χ0n) is 25.1. The molecule has 40 heavy (non-hydrogen) atoms. The van der Waals surface area contributed by atoms with Crippen molar-refractivity contribution in [1.29, 1.82) is 0 Å². The van der Waals surface area contributed by atoms with Crippen molar-refractivity contribution in [3.63, 3.8) is 0 Å². The molecule has 1 rings (SSSR count). The van der Waals surface area contributed by atoms with E-state index >= 15 is 0 Å². The summed E-state index contributed by atoms with van der Waals surface area (Å²) in [6, 6.07) is -3.66. The van der Waals surface area contributed by atoms with E-state index in [0.717, 1.165) is 0 Å². The summed E-state index contributed by atoms with van der Waals surface area (Å²) in [5.41, 5.74) is 3.90. The van der Waals surface area contributed by atoms with E-state index in [1.54, 1.807) is 20.8 Å². The first-order chi connectivity index (χ1) is 18.3. The van der Waals surface area contributed by atoms with Crippen molar-refractivity contribution in [2.24, 2.45) is 28.4 Å². The fraction of sp³-hybridized carbons (Fsp3) is 0.714. The molecule has 0 spiro atoms. The van der Waals surface area contributed by atoms with Crippen LogP contribution in [0, 0.1) is 22.7 Å². The Morgan fingerprint density at radius 2 is 1.65 bits per heavy atom. The summed E-state index contributed by atoms with van der Waals surface area (Å²) in [6.45, 7) is 18.2. The average molecular weight is 566 g/mol. The molecule has 0 unspecified atom stereocenters. The highest BCUT2D eigenvalue weighted by molar-refractivity contribution is 6.36. The lowest BCUT2D eigenvalue weighted by molar-refractivity contribution is -0.145. The Labute approximate surface area is 237 Å². The Morgan fingerprint density at radius 1 is 1.05 bits per heavy atom. The van der Waals surface area contributed by atoms with Gasteiger partial charge in [-0.1, -0.05) is 68.0 Å². The topological polar surface area (TPSA) is 177 Å². The van der Waals surface area contributed by atoms with E-state index in [9.17, 15) is 28.8 Å². The Balaban J connectivity index is 3.20. The lowest BCUT2D eigenvalue weighted by atomic mass is 9.84. The van der Waals surface area contributed by atoms with Gasteiger partial charge in [-0.3, -0.25) is 19.2 Å². The number of nitrogens with zero attached hydrogens (tertiary/aromatic N) is 1. The number of urea groups is 1. The van der Waals surface area contributed by atoms with E-state index in [1.165, 1.54) is 11.0 Å². The fourth-order valence-electron chi connectivity index (χ4n) is 4.65. The molecule has 5 amide bonds. The van der Waals surface area contributed by atoms with Crippen LogP contribution in [0.3, 0.4) is 0 Å². The third-order valence-corrected chi connectivity index (χ3v) is 6.69. The molecule has 226 valence electrons. The minimum Gasteiger partial charge on any atom is -0.460 e. The smallest absolute Gasteiger partial charge is 0.329 e. The molecule has 1 aliphatic rings. The van der Waals surface area contributed by atoms with Gasteiger partial charge in [-0.2, -0.15) is 0 Å². The largest absolute Gasteiger partial charge is 0.460 e. The van der Waals surface area contributed by atoms with Crippen LogP contribution >= 0.6 is 0 Å². The van der Waals surface area contributed by atoms with Crippen molar-refractivity contribution in [2.45, 2.75) is 86.4 Å². The molecule has 0 radical (unpaired) electrons. The van der Waals surface area contributed by atoms with Crippen molar-refractivity contribution >= 4 is 35.5 Å². The van der Waals surface area contributed by atoms with Gasteiger partial charge in [0.15, 0.2) is 0 Å². The molecule has 0 aromatic carbocycles. The van der Waals surface area contributed by atoms with Gasteiger partial charge in [-0.25, -0.2) is 9.59 Å². The van der Waals surface area contributed by atoms with Crippen molar-refractivity contribution in [1.82, 2.24) is 20.9 Å². The van der Waals surface area contributed by atoms with Crippen LogP contribution in [0.25, 0.3) is 0 Å². The Kier molecular flexibility index (Phi) is 12.3. The van der Waals surface area contributed by atoms with Gasteiger partial charge in [0.2, 0.25) is 17.6 Å². The molecule has 0 aliphatic carbocycles. The lowest BCUT2D eigenvalue weighted by Gasteiger charge is -2.37. The number of hydrogen-bond donors (Lipinski definition) is 4. The second-order valence-electron chi connectivity index (χ2n) is 12.8. The lowest BCUT2D eigenvalue weighted by Crippen LogP contribution is -2.61. The van der Waals surface area contributed by atoms with Gasteiger partial charge in [0.05, 0.1) is 6.54 Å². The standard InChI is InChI=1S/C28H47N5O7/c1-10-13-40-25(38)18(14-27(4,5)6)31-26(39)32-21(28(7,8)9)24(37)33-12-11-17(16(2)3)20(33)23(36)30-15-19(34)22(29)35/h10,16-18,20-21H,1,11-15H2,2-9H3,(H2,29,35)(H,30,36)(H2,31,32,39)/t17-,18+,20+,21-/m1/s1. The number of likely N-dealkylation sites (tertiary alicyclic amines) is 1. The van der Waals surface area contributed by atoms with Crippen molar-refractivity contribution in [2.75, 3.05) is 19.7 Å². The summed E-state index contributed by atoms with van der Waals surface area (Å²) in [5.74, 6) is -3.97. The molecular weight excluding hydrogens is 518 g/mol. The SMILES string of the molecule is C=CCOC(=O)[C@H](CC(C)(C)C)NC(=O)N[C@H](C(=O)N1CC[C@H](C(C)C)[C@H]1C(=O)NCC(=O)C(N)=O)C(C)(C)C. The monoisotopic (exact) mass is 565 g/mol. The third-order valence-electron chi connectivity index (χ3n) is 6.69. The number of hydrogen-bond acceptors (Lipinski definition) is 7. The number of carbonyl (C=O) groups is 6. The van der Waals surface area contributed by atoms with Gasteiger partial charge in [-0.15, -0.1) is 0 Å². The number of carbonyl (C=O) groups excluding carboxylic acids is 6. The summed E-state index contributed by atoms with van der Waals surface area (Å²) in [7, 11) is 0. The number of ketones is 1. The van der Waals surface area contributed by atoms with Gasteiger partial charge < -0.3 is 31.3 Å².